The fraction of sp³-hybridized carbons (Fsp3) is 0.429. The molecule has 0 heterocycles. The molecule has 0 heteroatoms. The number of hydrogen-bond acceptors (Lipinski definition) is 0. The Hall–Kier alpha value is -1.56. The summed E-state index contributed by atoms with van der Waals surface area (Å²) in [6.45, 7) is 7.23. The third kappa shape index (κ3) is 1.75. The third-order valence-corrected chi connectivity index (χ3v) is 6.23. The molecule has 0 amide bonds. The minimum atomic E-state index is 0.471. The number of hydrogen-bond donors (Lipinski definition) is 0. The van der Waals surface area contributed by atoms with E-state index in [-0.39, 0.29) is 0 Å². The summed E-state index contributed by atoms with van der Waals surface area (Å²) >= 11 is 0. The molecule has 0 spiro atoms. The van der Waals surface area contributed by atoms with Gasteiger partial charge in [-0.1, -0.05) is 75.4 Å². The van der Waals surface area contributed by atoms with Crippen LogP contribution in [0.3, 0.4) is 0 Å². The first kappa shape index (κ1) is 13.1. The summed E-state index contributed by atoms with van der Waals surface area (Å²) in [5.41, 5.74) is 5.82. The van der Waals surface area contributed by atoms with Gasteiger partial charge in [-0.2, -0.15) is 0 Å². The molecule has 0 saturated heterocycles. The maximum Gasteiger partial charge on any atom is -0.00305 e. The lowest BCUT2D eigenvalue weighted by Gasteiger charge is -2.76. The lowest BCUT2D eigenvalue weighted by atomic mass is 9.28. The maximum absolute atomic E-state index is 2.41. The van der Waals surface area contributed by atoms with Gasteiger partial charge in [0.25, 0.3) is 0 Å². The Balaban J connectivity index is 1.55. The molecule has 0 atom stereocenters. The van der Waals surface area contributed by atoms with E-state index in [1.807, 2.05) is 0 Å². The highest BCUT2D eigenvalue weighted by Crippen LogP contribution is 2.79. The van der Waals surface area contributed by atoms with Crippen molar-refractivity contribution in [3.63, 3.8) is 0 Å². The van der Waals surface area contributed by atoms with E-state index in [4.69, 9.17) is 0 Å². The first-order valence-electron chi connectivity index (χ1n) is 8.10. The molecule has 21 heavy (non-hydrogen) atoms. The van der Waals surface area contributed by atoms with Crippen molar-refractivity contribution in [2.75, 3.05) is 0 Å². The van der Waals surface area contributed by atoms with Crippen molar-refractivity contribution in [2.45, 2.75) is 45.4 Å². The molecule has 3 aliphatic carbocycles. The standard InChI is InChI=1S/C21H24/c1-19(2,3)21-13-20(14-21,15-21)18-11-9-17(10-12-18)16-7-5-4-6-8-16/h4-12H,13-15H2,1-3H3. The Labute approximate surface area is 128 Å². The van der Waals surface area contributed by atoms with E-state index in [1.165, 1.54) is 30.4 Å². The second-order valence-corrected chi connectivity index (χ2v) is 8.28. The van der Waals surface area contributed by atoms with Crippen LogP contribution in [-0.2, 0) is 5.41 Å². The molecular formula is C21H24. The van der Waals surface area contributed by atoms with Crippen LogP contribution in [0.25, 0.3) is 11.1 Å². The van der Waals surface area contributed by atoms with Gasteiger partial charge < -0.3 is 0 Å². The Bertz CT molecular complexity index is 636. The topological polar surface area (TPSA) is 0 Å². The van der Waals surface area contributed by atoms with Crippen LogP contribution in [0.4, 0.5) is 0 Å². The van der Waals surface area contributed by atoms with Crippen LogP contribution in [-0.4, -0.2) is 0 Å². The zero-order valence-corrected chi connectivity index (χ0v) is 13.3. The van der Waals surface area contributed by atoms with Gasteiger partial charge in [-0.05, 0) is 52.2 Å². The van der Waals surface area contributed by atoms with Crippen molar-refractivity contribution in [1.82, 2.24) is 0 Å². The minimum absolute atomic E-state index is 0.471. The van der Waals surface area contributed by atoms with Gasteiger partial charge in [0.2, 0.25) is 0 Å². The van der Waals surface area contributed by atoms with Gasteiger partial charge in [0, 0.05) is 0 Å². The fourth-order valence-corrected chi connectivity index (χ4v) is 4.54. The highest BCUT2D eigenvalue weighted by Gasteiger charge is 2.71. The molecule has 108 valence electrons. The zero-order chi connectivity index (χ0) is 14.7. The van der Waals surface area contributed by atoms with E-state index >= 15 is 0 Å². The van der Waals surface area contributed by atoms with Crippen LogP contribution >= 0.6 is 0 Å². The average molecular weight is 276 g/mol. The molecule has 0 unspecified atom stereocenters. The van der Waals surface area contributed by atoms with E-state index in [0.29, 0.717) is 16.2 Å². The largest absolute Gasteiger partial charge is 0.0622 e. The lowest BCUT2D eigenvalue weighted by Crippen LogP contribution is -2.69. The summed E-state index contributed by atoms with van der Waals surface area (Å²) in [5, 5.41) is 0. The first-order chi connectivity index (χ1) is 9.94. The summed E-state index contributed by atoms with van der Waals surface area (Å²) in [7, 11) is 0. The van der Waals surface area contributed by atoms with Crippen LogP contribution in [0.2, 0.25) is 0 Å². The van der Waals surface area contributed by atoms with Crippen molar-refractivity contribution >= 4 is 0 Å². The molecule has 3 aliphatic rings. The lowest BCUT2D eigenvalue weighted by molar-refractivity contribution is -0.208. The highest BCUT2D eigenvalue weighted by molar-refractivity contribution is 5.64. The molecule has 0 aliphatic heterocycles. The Morgan fingerprint density at radius 2 is 1.24 bits per heavy atom. The van der Waals surface area contributed by atoms with Crippen LogP contribution in [0, 0.1) is 10.8 Å². The SMILES string of the molecule is CC(C)(C)C12CC(c3ccc(-c4ccccc4)cc3)(C1)C2. The molecule has 0 nitrogen and oxygen atoms in total. The van der Waals surface area contributed by atoms with E-state index < -0.39 is 0 Å². The van der Waals surface area contributed by atoms with Gasteiger partial charge in [0.1, 0.15) is 0 Å². The van der Waals surface area contributed by atoms with Crippen molar-refractivity contribution in [3.05, 3.63) is 60.2 Å². The van der Waals surface area contributed by atoms with Gasteiger partial charge in [-0.15, -0.1) is 0 Å². The van der Waals surface area contributed by atoms with Crippen molar-refractivity contribution < 1.29 is 0 Å². The molecule has 2 aromatic rings. The highest BCUT2D eigenvalue weighted by atomic mass is 14.7. The normalized spacial score (nSPS) is 30.4. The van der Waals surface area contributed by atoms with E-state index in [9.17, 15) is 0 Å². The molecule has 0 radical (unpaired) electrons. The summed E-state index contributed by atoms with van der Waals surface area (Å²) in [5.74, 6) is 0. The van der Waals surface area contributed by atoms with Gasteiger partial charge >= 0.3 is 0 Å². The Kier molecular flexibility index (Phi) is 2.50. The summed E-state index contributed by atoms with van der Waals surface area (Å²) in [4.78, 5) is 0. The van der Waals surface area contributed by atoms with Crippen LogP contribution < -0.4 is 0 Å². The van der Waals surface area contributed by atoms with Crippen LogP contribution in [0.5, 0.6) is 0 Å². The second-order valence-electron chi connectivity index (χ2n) is 8.28. The molecule has 3 fully saturated rings. The average Bonchev–Trinajstić information content (AvgIpc) is 2.36. The Morgan fingerprint density at radius 1 is 0.714 bits per heavy atom. The van der Waals surface area contributed by atoms with Crippen molar-refractivity contribution in [3.8, 4) is 11.1 Å². The van der Waals surface area contributed by atoms with Gasteiger partial charge in [-0.3, -0.25) is 0 Å². The monoisotopic (exact) mass is 276 g/mol. The molecule has 3 saturated carbocycles. The van der Waals surface area contributed by atoms with Gasteiger partial charge in [0.15, 0.2) is 0 Å². The van der Waals surface area contributed by atoms with Gasteiger partial charge in [-0.25, -0.2) is 0 Å². The predicted octanol–water partition coefficient (Wildman–Crippen LogP) is 5.82. The maximum atomic E-state index is 2.41. The minimum Gasteiger partial charge on any atom is -0.0622 e. The summed E-state index contributed by atoms with van der Waals surface area (Å²) in [6.07, 6.45) is 4.19. The predicted molar refractivity (Wildman–Crippen MR) is 89.3 cm³/mol. The molecule has 2 aromatic carbocycles. The summed E-state index contributed by atoms with van der Waals surface area (Å²) < 4.78 is 0. The van der Waals surface area contributed by atoms with Gasteiger partial charge in [0.05, 0.1) is 0 Å². The van der Waals surface area contributed by atoms with Crippen LogP contribution in [0.1, 0.15) is 45.6 Å². The molecule has 2 bridgehead atoms. The number of rotatable bonds is 2. The van der Waals surface area contributed by atoms with E-state index in [2.05, 4.69) is 75.4 Å². The fourth-order valence-electron chi connectivity index (χ4n) is 4.54. The van der Waals surface area contributed by atoms with E-state index in [0.717, 1.165) is 0 Å². The van der Waals surface area contributed by atoms with Crippen molar-refractivity contribution in [1.29, 1.82) is 0 Å². The molecule has 0 aromatic heterocycles. The summed E-state index contributed by atoms with van der Waals surface area (Å²) in [6, 6.07) is 20.0. The first-order valence-corrected chi connectivity index (χ1v) is 8.10. The molecule has 5 rings (SSSR count). The number of benzene rings is 2. The second kappa shape index (κ2) is 4.00. The van der Waals surface area contributed by atoms with Crippen molar-refractivity contribution in [2.24, 2.45) is 10.8 Å². The van der Waals surface area contributed by atoms with E-state index in [1.54, 1.807) is 5.56 Å². The Morgan fingerprint density at radius 3 is 1.76 bits per heavy atom. The molecule has 0 N–H and O–H groups in total. The van der Waals surface area contributed by atoms with Crippen LogP contribution in [0.15, 0.2) is 54.6 Å². The molecular weight excluding hydrogens is 252 g/mol. The quantitative estimate of drug-likeness (QED) is 0.648. The smallest absolute Gasteiger partial charge is 0.00305 e. The zero-order valence-electron chi connectivity index (χ0n) is 13.3. The third-order valence-electron chi connectivity index (χ3n) is 6.23.